The van der Waals surface area contributed by atoms with Gasteiger partial charge in [-0.25, -0.2) is 22.5 Å². The molecule has 1 aromatic heterocycles. The van der Waals surface area contributed by atoms with Crippen LogP contribution in [0, 0.1) is 24.4 Å². The van der Waals surface area contributed by atoms with Gasteiger partial charge in [-0.1, -0.05) is 6.07 Å². The summed E-state index contributed by atoms with van der Waals surface area (Å²) in [7, 11) is 1.56. The maximum atomic E-state index is 14.6. The zero-order chi connectivity index (χ0) is 25.6. The summed E-state index contributed by atoms with van der Waals surface area (Å²) >= 11 is 0. The van der Waals surface area contributed by atoms with E-state index >= 15 is 0 Å². The lowest BCUT2D eigenvalue weighted by molar-refractivity contribution is -0.138. The van der Waals surface area contributed by atoms with Gasteiger partial charge in [0, 0.05) is 24.2 Å². The third-order valence-corrected chi connectivity index (χ3v) is 6.92. The fourth-order valence-corrected chi connectivity index (χ4v) is 5.22. The van der Waals surface area contributed by atoms with Crippen molar-refractivity contribution >= 4 is 12.0 Å². The number of fused-ring (bicyclic) bond motifs is 1. The van der Waals surface area contributed by atoms with Crippen LogP contribution in [0.2, 0.25) is 0 Å². The largest absolute Gasteiger partial charge is 0.495 e. The lowest BCUT2D eigenvalue weighted by Gasteiger charge is -2.46. The van der Waals surface area contributed by atoms with Crippen molar-refractivity contribution in [2.75, 3.05) is 7.11 Å². The van der Waals surface area contributed by atoms with Gasteiger partial charge in [0.15, 0.2) is 17.5 Å². The van der Waals surface area contributed by atoms with E-state index in [1.54, 1.807) is 19.5 Å². The summed E-state index contributed by atoms with van der Waals surface area (Å²) in [5.41, 5.74) is 2.95. The third kappa shape index (κ3) is 4.38. The second-order valence-electron chi connectivity index (χ2n) is 9.31. The molecule has 9 heteroatoms. The second kappa shape index (κ2) is 9.44. The van der Waals surface area contributed by atoms with Crippen LogP contribution in [-0.4, -0.2) is 39.7 Å². The van der Waals surface area contributed by atoms with Crippen LogP contribution in [-0.2, 0) is 4.79 Å². The van der Waals surface area contributed by atoms with Gasteiger partial charge in [0.05, 0.1) is 30.9 Å². The van der Waals surface area contributed by atoms with Crippen molar-refractivity contribution < 1.29 is 27.1 Å². The van der Waals surface area contributed by atoms with Gasteiger partial charge in [0.2, 0.25) is 0 Å². The molecule has 2 fully saturated rings. The van der Waals surface area contributed by atoms with Crippen molar-refractivity contribution in [1.82, 2.24) is 14.5 Å². The van der Waals surface area contributed by atoms with Crippen molar-refractivity contribution in [3.8, 4) is 11.4 Å². The molecule has 3 heterocycles. The van der Waals surface area contributed by atoms with E-state index in [9.17, 15) is 22.4 Å². The molecule has 3 aromatic rings. The Morgan fingerprint density at radius 2 is 1.86 bits per heavy atom. The van der Waals surface area contributed by atoms with Crippen LogP contribution in [0.3, 0.4) is 0 Å². The van der Waals surface area contributed by atoms with Crippen LogP contribution in [0.1, 0.15) is 48.5 Å². The number of imidazole rings is 1. The number of rotatable bonds is 4. The number of ether oxygens (including phenoxy) is 1. The van der Waals surface area contributed by atoms with Gasteiger partial charge in [-0.05, 0) is 67.7 Å². The van der Waals surface area contributed by atoms with Gasteiger partial charge in [0.1, 0.15) is 11.9 Å². The summed E-state index contributed by atoms with van der Waals surface area (Å²) in [6.07, 6.45) is 5.10. The van der Waals surface area contributed by atoms with Gasteiger partial charge >= 0.3 is 0 Å². The Kier molecular flexibility index (Phi) is 6.32. The van der Waals surface area contributed by atoms with Crippen LogP contribution in [0.25, 0.3) is 11.8 Å². The summed E-state index contributed by atoms with van der Waals surface area (Å²) in [6.45, 7) is 1.89. The average Bonchev–Trinajstić information content (AvgIpc) is 3.29. The Labute approximate surface area is 206 Å². The number of alkyl halides is 1. The molecule has 5 nitrogen and oxygen atoms in total. The SMILES string of the molecule is COc1cc(C=C2CC[C@@H]3C[C@@H](F)C[C@@H](c4cc(F)c(F)c(F)c4)N3C2=O)ccc1-n1cnc(C)c1. The van der Waals surface area contributed by atoms with E-state index in [1.165, 1.54) is 4.90 Å². The number of hydrogen-bond acceptors (Lipinski definition) is 3. The number of aryl methyl sites for hydroxylation is 1. The zero-order valence-electron chi connectivity index (χ0n) is 19.8. The van der Waals surface area contributed by atoms with E-state index in [-0.39, 0.29) is 24.3 Å². The van der Waals surface area contributed by atoms with Gasteiger partial charge in [0.25, 0.3) is 5.91 Å². The minimum atomic E-state index is -1.59. The maximum Gasteiger partial charge on any atom is 0.250 e. The zero-order valence-corrected chi connectivity index (χ0v) is 19.8. The summed E-state index contributed by atoms with van der Waals surface area (Å²) in [5, 5.41) is 0. The highest BCUT2D eigenvalue weighted by atomic mass is 19.2. The Morgan fingerprint density at radius 1 is 1.11 bits per heavy atom. The number of piperidine rings is 2. The smallest absolute Gasteiger partial charge is 0.250 e. The van der Waals surface area contributed by atoms with E-state index in [0.29, 0.717) is 24.2 Å². The number of hydrogen-bond donors (Lipinski definition) is 0. The predicted octanol–water partition coefficient (Wildman–Crippen LogP) is 5.85. The van der Waals surface area contributed by atoms with Gasteiger partial charge < -0.3 is 14.2 Å². The number of aromatic nitrogens is 2. The lowest BCUT2D eigenvalue weighted by Crippen LogP contribution is -2.51. The number of halogens is 4. The van der Waals surface area contributed by atoms with Crippen molar-refractivity contribution in [1.29, 1.82) is 0 Å². The molecular weight excluding hydrogens is 474 g/mol. The lowest BCUT2D eigenvalue weighted by atomic mass is 9.83. The minimum absolute atomic E-state index is 0.0509. The Balaban J connectivity index is 1.47. The number of carbonyl (C=O) groups is 1. The number of benzene rings is 2. The molecule has 188 valence electrons. The number of amides is 1. The molecule has 0 spiro atoms. The van der Waals surface area contributed by atoms with E-state index < -0.39 is 35.7 Å². The normalized spacial score (nSPS) is 23.2. The first-order valence-corrected chi connectivity index (χ1v) is 11.8. The first-order valence-electron chi connectivity index (χ1n) is 11.8. The van der Waals surface area contributed by atoms with Crippen LogP contribution in [0.15, 0.2) is 48.4 Å². The molecule has 0 unspecified atom stereocenters. The minimum Gasteiger partial charge on any atom is -0.495 e. The van der Waals surface area contributed by atoms with Crippen molar-refractivity contribution in [2.45, 2.75) is 50.9 Å². The van der Waals surface area contributed by atoms with Gasteiger partial charge in [-0.2, -0.15) is 0 Å². The van der Waals surface area contributed by atoms with Crippen molar-refractivity contribution in [3.05, 3.63) is 82.7 Å². The summed E-state index contributed by atoms with van der Waals surface area (Å²) in [5.74, 6) is -4.03. The highest BCUT2D eigenvalue weighted by Crippen LogP contribution is 2.42. The molecule has 36 heavy (non-hydrogen) atoms. The van der Waals surface area contributed by atoms with E-state index in [2.05, 4.69) is 4.98 Å². The van der Waals surface area contributed by atoms with Crippen LogP contribution >= 0.6 is 0 Å². The molecule has 0 bridgehead atoms. The summed E-state index contributed by atoms with van der Waals surface area (Å²) in [6, 6.07) is 5.95. The predicted molar refractivity (Wildman–Crippen MR) is 126 cm³/mol. The number of carbonyl (C=O) groups excluding carboxylic acids is 1. The Bertz CT molecular complexity index is 1330. The molecule has 2 aliphatic heterocycles. The molecule has 0 N–H and O–H groups in total. The fraction of sp³-hybridized carbons (Fsp3) is 0.333. The van der Waals surface area contributed by atoms with Crippen LogP contribution < -0.4 is 4.74 Å². The first kappa shape index (κ1) is 24.1. The molecule has 1 amide bonds. The van der Waals surface area contributed by atoms with Crippen molar-refractivity contribution in [2.24, 2.45) is 0 Å². The summed E-state index contributed by atoms with van der Waals surface area (Å²) in [4.78, 5) is 19.3. The fourth-order valence-electron chi connectivity index (χ4n) is 5.22. The highest BCUT2D eigenvalue weighted by Gasteiger charge is 2.43. The van der Waals surface area contributed by atoms with E-state index in [0.717, 1.165) is 29.1 Å². The molecule has 0 aliphatic carbocycles. The Hall–Kier alpha value is -3.62. The van der Waals surface area contributed by atoms with Gasteiger partial charge in [-0.15, -0.1) is 0 Å². The molecule has 2 aromatic carbocycles. The maximum absolute atomic E-state index is 14.6. The quantitative estimate of drug-likeness (QED) is 0.257. The molecular formula is C27H25F4N3O2. The molecule has 2 aliphatic rings. The monoisotopic (exact) mass is 499 g/mol. The highest BCUT2D eigenvalue weighted by molar-refractivity contribution is 5.99. The average molecular weight is 500 g/mol. The first-order chi connectivity index (χ1) is 17.2. The van der Waals surface area contributed by atoms with E-state index in [1.807, 2.05) is 35.9 Å². The number of nitrogens with zero attached hydrogens (tertiary/aromatic N) is 3. The molecule has 0 saturated carbocycles. The Morgan fingerprint density at radius 3 is 2.53 bits per heavy atom. The molecule has 3 atom stereocenters. The topological polar surface area (TPSA) is 47.4 Å². The van der Waals surface area contributed by atoms with Gasteiger partial charge in [-0.3, -0.25) is 4.79 Å². The molecule has 2 saturated heterocycles. The van der Waals surface area contributed by atoms with Crippen LogP contribution in [0.4, 0.5) is 17.6 Å². The van der Waals surface area contributed by atoms with Crippen LogP contribution in [0.5, 0.6) is 5.75 Å². The van der Waals surface area contributed by atoms with Crippen molar-refractivity contribution in [3.63, 3.8) is 0 Å². The molecule has 5 rings (SSSR count). The standard InChI is InChI=1S/C27H25F4N3O2/c1-15-13-33(14-32-15)23-6-3-16(8-25(23)36-2)7-17-4-5-20-11-19(28)12-24(34(20)27(17)35)18-9-21(29)26(31)22(30)10-18/h3,6-10,13-14,19-20,24H,4-5,11-12H2,1-2H3/t19-,20-,24+/m1/s1. The molecule has 0 radical (unpaired) electrons. The second-order valence-corrected chi connectivity index (χ2v) is 9.31. The van der Waals surface area contributed by atoms with E-state index in [4.69, 9.17) is 4.74 Å². The number of methoxy groups -OCH3 is 1. The summed E-state index contributed by atoms with van der Waals surface area (Å²) < 4.78 is 63.4. The third-order valence-electron chi connectivity index (χ3n) is 6.92.